The van der Waals surface area contributed by atoms with Crippen molar-refractivity contribution in [3.63, 3.8) is 0 Å². The van der Waals surface area contributed by atoms with E-state index in [1.54, 1.807) is 18.2 Å². The summed E-state index contributed by atoms with van der Waals surface area (Å²) in [7, 11) is 0. The van der Waals surface area contributed by atoms with Crippen LogP contribution in [0.25, 0.3) is 0 Å². The van der Waals surface area contributed by atoms with Gasteiger partial charge in [-0.05, 0) is 12.1 Å². The number of hydrogen-bond acceptors (Lipinski definition) is 6. The van der Waals surface area contributed by atoms with Crippen molar-refractivity contribution in [2.75, 3.05) is 17.4 Å². The van der Waals surface area contributed by atoms with Crippen LogP contribution in [0.3, 0.4) is 0 Å². The number of fused-ring (bicyclic) bond motifs is 1. The zero-order chi connectivity index (χ0) is 14.1. The van der Waals surface area contributed by atoms with Crippen molar-refractivity contribution < 1.29 is 19.4 Å². The van der Waals surface area contributed by atoms with Crippen LogP contribution in [0.5, 0.6) is 17.4 Å². The van der Waals surface area contributed by atoms with E-state index >= 15 is 0 Å². The van der Waals surface area contributed by atoms with Gasteiger partial charge in [0.1, 0.15) is 23.6 Å². The van der Waals surface area contributed by atoms with Gasteiger partial charge in [0, 0.05) is 12.1 Å². The van der Waals surface area contributed by atoms with Gasteiger partial charge >= 0.3 is 6.09 Å². The first-order chi connectivity index (χ1) is 9.63. The zero-order valence-corrected chi connectivity index (χ0v) is 10.2. The summed E-state index contributed by atoms with van der Waals surface area (Å²) in [5.74, 6) is 1.50. The van der Waals surface area contributed by atoms with Gasteiger partial charge in [-0.15, -0.1) is 0 Å². The van der Waals surface area contributed by atoms with E-state index in [1.165, 1.54) is 12.4 Å². The molecule has 0 fully saturated rings. The summed E-state index contributed by atoms with van der Waals surface area (Å²) in [5, 5.41) is 8.98. The summed E-state index contributed by atoms with van der Waals surface area (Å²) in [6, 6.07) is 6.31. The van der Waals surface area contributed by atoms with Crippen molar-refractivity contribution in [1.29, 1.82) is 0 Å². The summed E-state index contributed by atoms with van der Waals surface area (Å²) >= 11 is 0. The maximum absolute atomic E-state index is 11.0. The molecule has 0 spiro atoms. The Bertz CT molecular complexity index is 676. The van der Waals surface area contributed by atoms with Gasteiger partial charge in [0.2, 0.25) is 5.88 Å². The number of anilines is 2. The predicted octanol–water partition coefficient (Wildman–Crippen LogP) is 1.69. The molecule has 8 heteroatoms. The molecule has 1 aliphatic heterocycles. The van der Waals surface area contributed by atoms with Crippen LogP contribution in [0, 0.1) is 0 Å². The van der Waals surface area contributed by atoms with Gasteiger partial charge in [-0.2, -0.15) is 0 Å². The Kier molecular flexibility index (Phi) is 2.75. The third kappa shape index (κ3) is 2.14. The van der Waals surface area contributed by atoms with Crippen molar-refractivity contribution in [2.45, 2.75) is 0 Å². The highest BCUT2D eigenvalue weighted by molar-refractivity contribution is 5.89. The maximum Gasteiger partial charge on any atom is 0.414 e. The number of rotatable bonds is 2. The van der Waals surface area contributed by atoms with Crippen LogP contribution < -0.4 is 20.1 Å². The standard InChI is InChI=1S/C12H10N4O4/c13-10-4-11(15-5-14-10)20-7-1-2-8-9(3-7)19-6-16(8)12(17)18/h1-5H,6H2,(H,17,18)(H2,13,14,15). The first kappa shape index (κ1) is 12.0. The van der Waals surface area contributed by atoms with Crippen LogP contribution in [0.2, 0.25) is 0 Å². The SMILES string of the molecule is Nc1cc(Oc2ccc3c(c2)OCN3C(=O)O)ncn1. The lowest BCUT2D eigenvalue weighted by atomic mass is 10.2. The Morgan fingerprint density at radius 2 is 2.25 bits per heavy atom. The molecule has 1 aromatic heterocycles. The van der Waals surface area contributed by atoms with Gasteiger partial charge in [-0.1, -0.05) is 0 Å². The number of carboxylic acid groups (broad SMARTS) is 1. The molecule has 2 aromatic rings. The molecule has 0 radical (unpaired) electrons. The second-order valence-corrected chi connectivity index (χ2v) is 4.00. The second kappa shape index (κ2) is 4.57. The van der Waals surface area contributed by atoms with Crippen molar-refractivity contribution in [3.8, 4) is 17.4 Å². The summed E-state index contributed by atoms with van der Waals surface area (Å²) in [4.78, 5) is 19.7. The van der Waals surface area contributed by atoms with Gasteiger partial charge in [0.25, 0.3) is 0 Å². The Morgan fingerprint density at radius 1 is 1.40 bits per heavy atom. The van der Waals surface area contributed by atoms with Crippen molar-refractivity contribution in [2.24, 2.45) is 0 Å². The molecule has 20 heavy (non-hydrogen) atoms. The minimum Gasteiger partial charge on any atom is -0.470 e. The van der Waals surface area contributed by atoms with E-state index < -0.39 is 6.09 Å². The lowest BCUT2D eigenvalue weighted by molar-refractivity contribution is 0.197. The van der Waals surface area contributed by atoms with Crippen LogP contribution in [0.4, 0.5) is 16.3 Å². The quantitative estimate of drug-likeness (QED) is 0.856. The van der Waals surface area contributed by atoms with Gasteiger partial charge in [0.15, 0.2) is 6.73 Å². The largest absolute Gasteiger partial charge is 0.470 e. The van der Waals surface area contributed by atoms with Gasteiger partial charge < -0.3 is 20.3 Å². The van der Waals surface area contributed by atoms with E-state index in [9.17, 15) is 4.79 Å². The summed E-state index contributed by atoms with van der Waals surface area (Å²) < 4.78 is 10.8. The number of amides is 1. The molecule has 102 valence electrons. The summed E-state index contributed by atoms with van der Waals surface area (Å²) in [6.07, 6.45) is 0.224. The maximum atomic E-state index is 11.0. The van der Waals surface area contributed by atoms with E-state index in [2.05, 4.69) is 9.97 Å². The average Bonchev–Trinajstić information content (AvgIpc) is 2.82. The van der Waals surface area contributed by atoms with Crippen LogP contribution >= 0.6 is 0 Å². The second-order valence-electron chi connectivity index (χ2n) is 4.00. The number of benzene rings is 1. The Balaban J connectivity index is 1.85. The first-order valence-corrected chi connectivity index (χ1v) is 5.66. The topological polar surface area (TPSA) is 111 Å². The first-order valence-electron chi connectivity index (χ1n) is 5.66. The molecule has 0 bridgehead atoms. The van der Waals surface area contributed by atoms with E-state index in [4.69, 9.17) is 20.3 Å². The highest BCUT2D eigenvalue weighted by Gasteiger charge is 2.26. The fourth-order valence-electron chi connectivity index (χ4n) is 1.79. The monoisotopic (exact) mass is 274 g/mol. The number of aromatic nitrogens is 2. The molecule has 1 amide bonds. The zero-order valence-electron chi connectivity index (χ0n) is 10.2. The molecule has 8 nitrogen and oxygen atoms in total. The fourth-order valence-corrected chi connectivity index (χ4v) is 1.79. The van der Waals surface area contributed by atoms with E-state index in [-0.39, 0.29) is 6.73 Å². The highest BCUT2D eigenvalue weighted by Crippen LogP contribution is 2.37. The molecule has 1 aromatic carbocycles. The molecule has 0 unspecified atom stereocenters. The van der Waals surface area contributed by atoms with Crippen LogP contribution in [-0.4, -0.2) is 27.9 Å². The number of nitrogens with two attached hydrogens (primary N) is 1. The van der Waals surface area contributed by atoms with Gasteiger partial charge in [-0.3, -0.25) is 0 Å². The molecule has 2 heterocycles. The molecular weight excluding hydrogens is 264 g/mol. The molecule has 3 rings (SSSR count). The lowest BCUT2D eigenvalue weighted by Crippen LogP contribution is -2.27. The molecule has 0 saturated heterocycles. The average molecular weight is 274 g/mol. The lowest BCUT2D eigenvalue weighted by Gasteiger charge is -2.09. The van der Waals surface area contributed by atoms with Crippen molar-refractivity contribution >= 4 is 17.6 Å². The molecule has 0 aliphatic carbocycles. The number of ether oxygens (including phenoxy) is 2. The number of nitrogen functional groups attached to an aromatic ring is 1. The Hall–Kier alpha value is -3.03. The Morgan fingerprint density at radius 3 is 3.00 bits per heavy atom. The third-order valence-corrected chi connectivity index (χ3v) is 2.69. The predicted molar refractivity (Wildman–Crippen MR) is 69.0 cm³/mol. The number of nitrogens with zero attached hydrogens (tertiary/aromatic N) is 3. The smallest absolute Gasteiger partial charge is 0.414 e. The highest BCUT2D eigenvalue weighted by atomic mass is 16.5. The number of carbonyl (C=O) groups is 1. The van der Waals surface area contributed by atoms with E-state index in [1.807, 2.05) is 0 Å². The fraction of sp³-hybridized carbons (Fsp3) is 0.0833. The van der Waals surface area contributed by atoms with Gasteiger partial charge in [0.05, 0.1) is 5.69 Å². The Labute approximate surface area is 113 Å². The normalized spacial score (nSPS) is 12.7. The van der Waals surface area contributed by atoms with Crippen LogP contribution in [0.1, 0.15) is 0 Å². The van der Waals surface area contributed by atoms with Crippen molar-refractivity contribution in [1.82, 2.24) is 9.97 Å². The molecule has 1 aliphatic rings. The molecular formula is C12H10N4O4. The van der Waals surface area contributed by atoms with E-state index in [0.29, 0.717) is 28.9 Å². The number of hydrogen-bond donors (Lipinski definition) is 2. The molecule has 0 atom stereocenters. The summed E-state index contributed by atoms with van der Waals surface area (Å²) in [5.41, 5.74) is 6.00. The van der Waals surface area contributed by atoms with E-state index in [0.717, 1.165) is 4.90 Å². The minimum absolute atomic E-state index is 0.0332. The van der Waals surface area contributed by atoms with Crippen LogP contribution in [-0.2, 0) is 0 Å². The van der Waals surface area contributed by atoms with Crippen molar-refractivity contribution in [3.05, 3.63) is 30.6 Å². The molecule has 3 N–H and O–H groups in total. The van der Waals surface area contributed by atoms with Gasteiger partial charge in [-0.25, -0.2) is 19.7 Å². The van der Waals surface area contributed by atoms with Crippen LogP contribution in [0.15, 0.2) is 30.6 Å². The summed E-state index contributed by atoms with van der Waals surface area (Å²) in [6.45, 7) is -0.0332. The third-order valence-electron chi connectivity index (χ3n) is 2.69. The minimum atomic E-state index is -1.07. The molecule has 0 saturated carbocycles.